The largest absolute Gasteiger partial charge is 0.326 e. The van der Waals surface area contributed by atoms with Gasteiger partial charge in [0.1, 0.15) is 0 Å². The molecule has 1 aliphatic rings. The highest BCUT2D eigenvalue weighted by molar-refractivity contribution is 9.10. The van der Waals surface area contributed by atoms with Crippen molar-refractivity contribution in [1.29, 1.82) is 0 Å². The first-order valence-electron chi connectivity index (χ1n) is 9.36. The predicted octanol–water partition coefficient (Wildman–Crippen LogP) is 5.35. The van der Waals surface area contributed by atoms with Gasteiger partial charge < -0.3 is 10.6 Å². The molecule has 5 nitrogen and oxygen atoms in total. The number of piperidine rings is 1. The molecule has 2 aromatic carbocycles. The molecule has 0 bridgehead atoms. The summed E-state index contributed by atoms with van der Waals surface area (Å²) in [5, 5.41) is 6.67. The molecule has 0 saturated carbocycles. The number of hydrogen-bond acceptors (Lipinski definition) is 3. The predicted molar refractivity (Wildman–Crippen MR) is 122 cm³/mol. The van der Waals surface area contributed by atoms with Crippen LogP contribution in [-0.2, 0) is 9.59 Å². The quantitative estimate of drug-likeness (QED) is 0.583. The second kappa shape index (κ2) is 9.94. The fourth-order valence-corrected chi connectivity index (χ4v) is 3.84. The summed E-state index contributed by atoms with van der Waals surface area (Å²) in [5.74, 6) is -0.128. The van der Waals surface area contributed by atoms with Crippen molar-refractivity contribution in [1.82, 2.24) is 4.90 Å². The average molecular weight is 499 g/mol. The van der Waals surface area contributed by atoms with Crippen LogP contribution in [0.4, 0.5) is 11.4 Å². The van der Waals surface area contributed by atoms with Crippen LogP contribution in [0.25, 0.3) is 0 Å². The minimum Gasteiger partial charge on any atom is -0.326 e. The molecule has 3 rings (SSSR count). The molecule has 2 aromatic rings. The van der Waals surface area contributed by atoms with E-state index in [-0.39, 0.29) is 24.3 Å². The fraction of sp³-hybridized carbons (Fsp3) is 0.333. The van der Waals surface area contributed by atoms with Gasteiger partial charge in [-0.25, -0.2) is 0 Å². The molecule has 154 valence electrons. The van der Waals surface area contributed by atoms with Gasteiger partial charge in [-0.1, -0.05) is 39.1 Å². The number of nitrogens with zero attached hydrogens (tertiary/aromatic N) is 1. The summed E-state index contributed by atoms with van der Waals surface area (Å²) in [6, 6.07) is 10.8. The van der Waals surface area contributed by atoms with E-state index in [4.69, 9.17) is 23.2 Å². The monoisotopic (exact) mass is 497 g/mol. The number of carbonyl (C=O) groups is 2. The number of halogens is 3. The van der Waals surface area contributed by atoms with Gasteiger partial charge in [0.15, 0.2) is 0 Å². The van der Waals surface area contributed by atoms with Crippen LogP contribution >= 0.6 is 39.1 Å². The first kappa shape index (κ1) is 22.1. The van der Waals surface area contributed by atoms with Crippen LogP contribution in [0.2, 0.25) is 10.0 Å². The standard InChI is InChI=1S/C21H22BrCl2N3O2/c1-13-10-15(2-4-17(13)22)26-21(29)14-6-8-27(9-7-14)12-20(28)25-16-3-5-18(23)19(24)11-16/h2-5,10-11,14H,6-9,12H2,1H3,(H,25,28)(H,26,29). The molecule has 0 atom stereocenters. The zero-order chi connectivity index (χ0) is 21.0. The summed E-state index contributed by atoms with van der Waals surface area (Å²) in [4.78, 5) is 26.9. The zero-order valence-corrected chi connectivity index (χ0v) is 19.1. The Morgan fingerprint density at radius 2 is 1.69 bits per heavy atom. The third-order valence-electron chi connectivity index (χ3n) is 4.95. The number of rotatable bonds is 5. The Labute approximate surface area is 188 Å². The molecule has 1 fully saturated rings. The molecule has 0 unspecified atom stereocenters. The van der Waals surface area contributed by atoms with Gasteiger partial charge in [-0.05, 0) is 74.8 Å². The van der Waals surface area contributed by atoms with Crippen LogP contribution in [0.5, 0.6) is 0 Å². The van der Waals surface area contributed by atoms with Gasteiger partial charge in [0, 0.05) is 21.8 Å². The lowest BCUT2D eigenvalue weighted by Crippen LogP contribution is -2.41. The second-order valence-electron chi connectivity index (χ2n) is 7.18. The molecule has 1 saturated heterocycles. The number of anilines is 2. The van der Waals surface area contributed by atoms with E-state index in [0.717, 1.165) is 28.6 Å². The molecule has 0 spiro atoms. The lowest BCUT2D eigenvalue weighted by Gasteiger charge is -2.30. The maximum atomic E-state index is 12.5. The Morgan fingerprint density at radius 1 is 1.03 bits per heavy atom. The van der Waals surface area contributed by atoms with Crippen molar-refractivity contribution in [3.63, 3.8) is 0 Å². The summed E-state index contributed by atoms with van der Waals surface area (Å²) in [5.41, 5.74) is 2.49. The van der Waals surface area contributed by atoms with Crippen LogP contribution < -0.4 is 10.6 Å². The van der Waals surface area contributed by atoms with Gasteiger partial charge in [-0.3, -0.25) is 14.5 Å². The van der Waals surface area contributed by atoms with Crippen molar-refractivity contribution in [3.8, 4) is 0 Å². The normalized spacial score (nSPS) is 15.2. The molecule has 29 heavy (non-hydrogen) atoms. The van der Waals surface area contributed by atoms with Gasteiger partial charge in [-0.2, -0.15) is 0 Å². The summed E-state index contributed by atoms with van der Waals surface area (Å²) >= 11 is 15.3. The summed E-state index contributed by atoms with van der Waals surface area (Å²) < 4.78 is 1.02. The van der Waals surface area contributed by atoms with Crippen molar-refractivity contribution in [2.45, 2.75) is 19.8 Å². The first-order chi connectivity index (χ1) is 13.8. The Balaban J connectivity index is 1.45. The van der Waals surface area contributed by atoms with E-state index in [0.29, 0.717) is 28.8 Å². The van der Waals surface area contributed by atoms with Crippen LogP contribution in [0.15, 0.2) is 40.9 Å². The lowest BCUT2D eigenvalue weighted by atomic mass is 9.95. The van der Waals surface area contributed by atoms with E-state index in [2.05, 4.69) is 31.5 Å². The molecule has 2 amide bonds. The molecule has 0 radical (unpaired) electrons. The Morgan fingerprint density at radius 3 is 2.34 bits per heavy atom. The highest BCUT2D eigenvalue weighted by Gasteiger charge is 2.26. The number of benzene rings is 2. The van der Waals surface area contributed by atoms with E-state index in [1.807, 2.05) is 25.1 Å². The third-order valence-corrected chi connectivity index (χ3v) is 6.58. The summed E-state index contributed by atoms with van der Waals surface area (Å²) in [6.45, 7) is 3.67. The van der Waals surface area contributed by atoms with Crippen molar-refractivity contribution < 1.29 is 9.59 Å². The SMILES string of the molecule is Cc1cc(NC(=O)C2CCN(CC(=O)Nc3ccc(Cl)c(Cl)c3)CC2)ccc1Br. The van der Waals surface area contributed by atoms with E-state index in [9.17, 15) is 9.59 Å². The van der Waals surface area contributed by atoms with Crippen LogP contribution in [0.3, 0.4) is 0 Å². The zero-order valence-electron chi connectivity index (χ0n) is 16.0. The Kier molecular flexibility index (Phi) is 7.57. The topological polar surface area (TPSA) is 61.4 Å². The van der Waals surface area contributed by atoms with E-state index >= 15 is 0 Å². The molecule has 2 N–H and O–H groups in total. The van der Waals surface area contributed by atoms with Crippen LogP contribution in [-0.4, -0.2) is 36.3 Å². The maximum absolute atomic E-state index is 12.5. The van der Waals surface area contributed by atoms with E-state index < -0.39 is 0 Å². The Hall–Kier alpha value is -1.60. The smallest absolute Gasteiger partial charge is 0.238 e. The first-order valence-corrected chi connectivity index (χ1v) is 10.9. The second-order valence-corrected chi connectivity index (χ2v) is 8.85. The molecular formula is C21H22BrCl2N3O2. The van der Waals surface area contributed by atoms with Gasteiger partial charge >= 0.3 is 0 Å². The van der Waals surface area contributed by atoms with Crippen LogP contribution in [0, 0.1) is 12.8 Å². The van der Waals surface area contributed by atoms with E-state index in [1.54, 1.807) is 18.2 Å². The van der Waals surface area contributed by atoms with Gasteiger partial charge in [0.2, 0.25) is 11.8 Å². The molecule has 0 aliphatic carbocycles. The number of hydrogen-bond donors (Lipinski definition) is 2. The van der Waals surface area contributed by atoms with Gasteiger partial charge in [-0.15, -0.1) is 0 Å². The summed E-state index contributed by atoms with van der Waals surface area (Å²) in [6.07, 6.45) is 1.45. The van der Waals surface area contributed by atoms with E-state index in [1.165, 1.54) is 0 Å². The maximum Gasteiger partial charge on any atom is 0.238 e. The highest BCUT2D eigenvalue weighted by atomic mass is 79.9. The van der Waals surface area contributed by atoms with Gasteiger partial charge in [0.05, 0.1) is 16.6 Å². The number of likely N-dealkylation sites (tertiary alicyclic amines) is 1. The van der Waals surface area contributed by atoms with Crippen molar-refractivity contribution >= 4 is 62.3 Å². The lowest BCUT2D eigenvalue weighted by molar-refractivity contribution is -0.121. The van der Waals surface area contributed by atoms with Crippen molar-refractivity contribution in [3.05, 3.63) is 56.5 Å². The van der Waals surface area contributed by atoms with Gasteiger partial charge in [0.25, 0.3) is 0 Å². The molecular weight excluding hydrogens is 477 g/mol. The highest BCUT2D eigenvalue weighted by Crippen LogP contribution is 2.25. The number of carbonyl (C=O) groups excluding carboxylic acids is 2. The number of nitrogens with one attached hydrogen (secondary N) is 2. The molecule has 8 heteroatoms. The number of amides is 2. The van der Waals surface area contributed by atoms with Crippen molar-refractivity contribution in [2.24, 2.45) is 5.92 Å². The minimum atomic E-state index is -0.114. The molecule has 0 aromatic heterocycles. The van der Waals surface area contributed by atoms with Crippen LogP contribution in [0.1, 0.15) is 18.4 Å². The molecule has 1 aliphatic heterocycles. The number of aryl methyl sites for hydroxylation is 1. The third kappa shape index (κ3) is 6.19. The van der Waals surface area contributed by atoms with Crippen molar-refractivity contribution in [2.75, 3.05) is 30.3 Å². The molecule has 1 heterocycles. The minimum absolute atomic E-state index is 0.0339. The Bertz CT molecular complexity index is 915. The average Bonchev–Trinajstić information content (AvgIpc) is 2.68. The fourth-order valence-electron chi connectivity index (χ4n) is 3.30. The summed E-state index contributed by atoms with van der Waals surface area (Å²) in [7, 11) is 0.